The van der Waals surface area contributed by atoms with E-state index in [4.69, 9.17) is 0 Å². The van der Waals surface area contributed by atoms with Crippen LogP contribution in [0.15, 0.2) is 176 Å². The molecule has 6 aromatic carbocycles. The van der Waals surface area contributed by atoms with Crippen molar-refractivity contribution < 1.29 is 4.79 Å². The fourth-order valence-corrected chi connectivity index (χ4v) is 7.69. The predicted molar refractivity (Wildman–Crippen MR) is 195 cm³/mol. The topological polar surface area (TPSA) is 20.3 Å². The van der Waals surface area contributed by atoms with Crippen LogP contribution >= 0.6 is 0 Å². The van der Waals surface area contributed by atoms with Crippen LogP contribution in [0.5, 0.6) is 0 Å². The molecule has 0 bridgehead atoms. The minimum atomic E-state index is -0.478. The number of carbonyl (C=O) groups excluding carboxylic acids is 1. The molecule has 2 unspecified atom stereocenters. The van der Waals surface area contributed by atoms with Gasteiger partial charge < -0.3 is 4.90 Å². The summed E-state index contributed by atoms with van der Waals surface area (Å²) in [5.41, 5.74) is 12.1. The highest BCUT2D eigenvalue weighted by Gasteiger charge is 2.49. The number of hydrogen-bond donors (Lipinski definition) is 0. The van der Waals surface area contributed by atoms with Gasteiger partial charge in [0.2, 0.25) is 0 Å². The maximum Gasteiger partial charge on any atom is 0.159 e. The predicted octanol–water partition coefficient (Wildman–Crippen LogP) is 11.5. The van der Waals surface area contributed by atoms with Crippen LogP contribution in [0, 0.1) is 5.92 Å². The van der Waals surface area contributed by atoms with Crippen molar-refractivity contribution in [1.82, 2.24) is 0 Å². The van der Waals surface area contributed by atoms with E-state index in [1.165, 1.54) is 38.9 Å². The lowest BCUT2D eigenvalue weighted by Gasteiger charge is -2.40. The van der Waals surface area contributed by atoms with Gasteiger partial charge in [0.25, 0.3) is 0 Å². The Labute approximate surface area is 277 Å². The van der Waals surface area contributed by atoms with Gasteiger partial charge in [-0.2, -0.15) is 0 Å². The third kappa shape index (κ3) is 4.85. The van der Waals surface area contributed by atoms with Gasteiger partial charge in [0, 0.05) is 22.6 Å². The standard InChI is InChI=1S/C45H35NO/c1-32(47)35-24-28-41-42-29-27-40(31-44(42)45(43(41)30-35,36-16-8-3-9-17-36)37-18-10-4-11-19-37)46(38-20-12-5-13-21-38)39-25-22-34(23-26-39)33-14-6-2-7-15-33/h2-18,20-31,37H,19H2,1H3. The van der Waals surface area contributed by atoms with Crippen molar-refractivity contribution in [1.29, 1.82) is 0 Å². The van der Waals surface area contributed by atoms with Crippen LogP contribution in [0.3, 0.4) is 0 Å². The molecule has 0 N–H and O–H groups in total. The Hall–Kier alpha value is -5.73. The van der Waals surface area contributed by atoms with Crippen molar-refractivity contribution in [3.8, 4) is 22.3 Å². The molecule has 0 aromatic heterocycles. The molecule has 0 saturated heterocycles. The number of anilines is 3. The molecule has 226 valence electrons. The lowest BCUT2D eigenvalue weighted by atomic mass is 9.62. The second-order valence-corrected chi connectivity index (χ2v) is 12.5. The van der Waals surface area contributed by atoms with E-state index in [2.05, 4.69) is 175 Å². The molecule has 8 rings (SSSR count). The Morgan fingerprint density at radius 3 is 1.83 bits per heavy atom. The summed E-state index contributed by atoms with van der Waals surface area (Å²) in [6, 6.07) is 54.1. The smallest absolute Gasteiger partial charge is 0.159 e. The van der Waals surface area contributed by atoms with Crippen molar-refractivity contribution in [3.63, 3.8) is 0 Å². The Kier molecular flexibility index (Phi) is 7.27. The number of carbonyl (C=O) groups is 1. The van der Waals surface area contributed by atoms with Crippen LogP contribution in [0.2, 0.25) is 0 Å². The molecule has 0 aliphatic heterocycles. The summed E-state index contributed by atoms with van der Waals surface area (Å²) in [4.78, 5) is 15.1. The summed E-state index contributed by atoms with van der Waals surface area (Å²) in [5.74, 6) is 0.252. The van der Waals surface area contributed by atoms with Crippen LogP contribution in [0.4, 0.5) is 17.1 Å². The average molecular weight is 606 g/mol. The van der Waals surface area contributed by atoms with Crippen molar-refractivity contribution in [2.24, 2.45) is 5.92 Å². The van der Waals surface area contributed by atoms with E-state index in [0.29, 0.717) is 0 Å². The average Bonchev–Trinajstić information content (AvgIpc) is 3.43. The highest BCUT2D eigenvalue weighted by atomic mass is 16.1. The van der Waals surface area contributed by atoms with Gasteiger partial charge in [-0.25, -0.2) is 0 Å². The van der Waals surface area contributed by atoms with E-state index >= 15 is 0 Å². The summed E-state index contributed by atoms with van der Waals surface area (Å²) in [5, 5.41) is 0. The summed E-state index contributed by atoms with van der Waals surface area (Å²) in [6.07, 6.45) is 9.86. The number of ketones is 1. The molecule has 2 aliphatic carbocycles. The first kappa shape index (κ1) is 28.7. The number of hydrogen-bond acceptors (Lipinski definition) is 2. The highest BCUT2D eigenvalue weighted by molar-refractivity contribution is 5.97. The van der Waals surface area contributed by atoms with Crippen molar-refractivity contribution in [3.05, 3.63) is 198 Å². The first-order chi connectivity index (χ1) is 23.1. The Morgan fingerprint density at radius 1 is 0.596 bits per heavy atom. The Morgan fingerprint density at radius 2 is 1.17 bits per heavy atom. The molecule has 6 aromatic rings. The quantitative estimate of drug-likeness (QED) is 0.169. The van der Waals surface area contributed by atoms with Crippen LogP contribution < -0.4 is 4.90 Å². The number of para-hydroxylation sites is 1. The molecule has 0 heterocycles. The number of benzene rings is 6. The largest absolute Gasteiger partial charge is 0.310 e. The summed E-state index contributed by atoms with van der Waals surface area (Å²) >= 11 is 0. The molecule has 2 aliphatic rings. The van der Waals surface area contributed by atoms with Gasteiger partial charge in [-0.15, -0.1) is 0 Å². The minimum absolute atomic E-state index is 0.0830. The summed E-state index contributed by atoms with van der Waals surface area (Å²) in [6.45, 7) is 1.66. The minimum Gasteiger partial charge on any atom is -0.310 e. The summed E-state index contributed by atoms with van der Waals surface area (Å²) < 4.78 is 0. The van der Waals surface area contributed by atoms with E-state index in [1.54, 1.807) is 6.92 Å². The number of nitrogens with zero attached hydrogens (tertiary/aromatic N) is 1. The molecule has 0 amide bonds. The third-order valence-electron chi connectivity index (χ3n) is 9.84. The molecule has 47 heavy (non-hydrogen) atoms. The molecular weight excluding hydrogens is 571 g/mol. The molecule has 0 spiro atoms. The molecule has 2 atom stereocenters. The highest BCUT2D eigenvalue weighted by Crippen LogP contribution is 2.59. The maximum absolute atomic E-state index is 12.8. The second kappa shape index (κ2) is 11.9. The van der Waals surface area contributed by atoms with Crippen LogP contribution in [0.25, 0.3) is 22.3 Å². The lowest BCUT2D eigenvalue weighted by molar-refractivity contribution is 0.101. The van der Waals surface area contributed by atoms with E-state index in [1.807, 2.05) is 6.07 Å². The first-order valence-corrected chi connectivity index (χ1v) is 16.3. The van der Waals surface area contributed by atoms with E-state index in [0.717, 1.165) is 29.0 Å². The van der Waals surface area contributed by atoms with Crippen molar-refractivity contribution in [2.45, 2.75) is 18.8 Å². The van der Waals surface area contributed by atoms with Gasteiger partial charge in [0.05, 0.1) is 5.41 Å². The molecule has 0 fully saturated rings. The molecule has 0 saturated carbocycles. The van der Waals surface area contributed by atoms with Crippen LogP contribution in [0.1, 0.15) is 40.4 Å². The fraction of sp³-hybridized carbons (Fsp3) is 0.0889. The molecular formula is C45H35NO. The first-order valence-electron chi connectivity index (χ1n) is 16.3. The SMILES string of the molecule is CC(=O)c1ccc2c(c1)C(c1ccccc1)(C1C=CC=CC1)c1cc(N(c3ccccc3)c3ccc(-c4ccccc4)cc3)ccc1-2. The van der Waals surface area contributed by atoms with Crippen LogP contribution in [-0.4, -0.2) is 5.78 Å². The Bertz CT molecular complexity index is 2130. The number of allylic oxidation sites excluding steroid dienone is 4. The van der Waals surface area contributed by atoms with Crippen molar-refractivity contribution >= 4 is 22.8 Å². The number of fused-ring (bicyclic) bond motifs is 3. The fourth-order valence-electron chi connectivity index (χ4n) is 7.69. The van der Waals surface area contributed by atoms with E-state index < -0.39 is 5.41 Å². The molecule has 0 radical (unpaired) electrons. The summed E-state index contributed by atoms with van der Waals surface area (Å²) in [7, 11) is 0. The van der Waals surface area contributed by atoms with Crippen LogP contribution in [-0.2, 0) is 5.41 Å². The van der Waals surface area contributed by atoms with Gasteiger partial charge in [0.1, 0.15) is 0 Å². The number of rotatable bonds is 7. The van der Waals surface area contributed by atoms with E-state index in [-0.39, 0.29) is 11.7 Å². The normalized spacial score (nSPS) is 17.6. The van der Waals surface area contributed by atoms with Gasteiger partial charge in [0.15, 0.2) is 5.78 Å². The van der Waals surface area contributed by atoms with Gasteiger partial charge >= 0.3 is 0 Å². The zero-order chi connectivity index (χ0) is 31.8. The lowest BCUT2D eigenvalue weighted by Crippen LogP contribution is -2.35. The monoisotopic (exact) mass is 605 g/mol. The van der Waals surface area contributed by atoms with Gasteiger partial charge in [-0.05, 0) is 101 Å². The van der Waals surface area contributed by atoms with Gasteiger partial charge in [-0.1, -0.05) is 133 Å². The van der Waals surface area contributed by atoms with Crippen molar-refractivity contribution in [2.75, 3.05) is 4.90 Å². The van der Waals surface area contributed by atoms with E-state index in [9.17, 15) is 4.79 Å². The van der Waals surface area contributed by atoms with Gasteiger partial charge in [-0.3, -0.25) is 4.79 Å². The third-order valence-corrected chi connectivity index (χ3v) is 9.84. The molecule has 2 heteroatoms. The zero-order valence-corrected chi connectivity index (χ0v) is 26.4. The number of Topliss-reactive ketones (excluding diaryl/α,β-unsaturated/α-hetero) is 1. The second-order valence-electron chi connectivity index (χ2n) is 12.5. The molecule has 2 nitrogen and oxygen atoms in total. The Balaban J connectivity index is 1.36. The maximum atomic E-state index is 12.8. The zero-order valence-electron chi connectivity index (χ0n) is 26.4.